The molecule has 0 aliphatic carbocycles. The molecule has 30 heavy (non-hydrogen) atoms. The minimum Gasteiger partial charge on any atom is -0.493 e. The first-order chi connectivity index (χ1) is 14.3. The van der Waals surface area contributed by atoms with Crippen molar-refractivity contribution in [2.45, 2.75) is 19.9 Å². The van der Waals surface area contributed by atoms with Crippen LogP contribution in [0.2, 0.25) is 5.02 Å². The maximum absolute atomic E-state index is 13.1. The van der Waals surface area contributed by atoms with E-state index in [2.05, 4.69) is 0 Å². The maximum Gasteiger partial charge on any atom is 0.255 e. The van der Waals surface area contributed by atoms with Crippen molar-refractivity contribution in [2.75, 3.05) is 20.8 Å². The highest BCUT2D eigenvalue weighted by atomic mass is 35.5. The molecule has 0 atom stereocenters. The third-order valence-corrected chi connectivity index (χ3v) is 4.96. The second kappa shape index (κ2) is 9.09. The molecule has 3 rings (SSSR count). The van der Waals surface area contributed by atoms with Gasteiger partial charge in [0.05, 0.1) is 12.1 Å². The van der Waals surface area contributed by atoms with Gasteiger partial charge in [0, 0.05) is 36.5 Å². The lowest BCUT2D eigenvalue weighted by molar-refractivity contribution is -0.119. The largest absolute Gasteiger partial charge is 0.493 e. The average Bonchev–Trinajstić information content (AvgIpc) is 3.09. The van der Waals surface area contributed by atoms with Gasteiger partial charge in [-0.3, -0.25) is 9.59 Å². The number of rotatable bonds is 8. The van der Waals surface area contributed by atoms with Crippen LogP contribution in [0.15, 0.2) is 40.8 Å². The van der Waals surface area contributed by atoms with Crippen LogP contribution < -0.4 is 15.2 Å². The molecule has 158 valence electrons. The number of furan rings is 1. The average molecular weight is 431 g/mol. The van der Waals surface area contributed by atoms with Gasteiger partial charge in [-0.1, -0.05) is 36.7 Å². The van der Waals surface area contributed by atoms with Gasteiger partial charge in [-0.2, -0.15) is 0 Å². The lowest BCUT2D eigenvalue weighted by Crippen LogP contribution is -2.26. The van der Waals surface area contributed by atoms with Gasteiger partial charge in [0.1, 0.15) is 11.3 Å². The Balaban J connectivity index is 1.88. The first-order valence-electron chi connectivity index (χ1n) is 9.39. The molecule has 7 nitrogen and oxygen atoms in total. The van der Waals surface area contributed by atoms with Gasteiger partial charge in [0.25, 0.3) is 11.8 Å². The Labute approximate surface area is 179 Å². The van der Waals surface area contributed by atoms with Crippen LogP contribution in [-0.2, 0) is 17.8 Å². The van der Waals surface area contributed by atoms with E-state index in [0.717, 1.165) is 28.7 Å². The number of aryl methyl sites for hydroxylation is 1. The maximum atomic E-state index is 13.1. The van der Waals surface area contributed by atoms with Gasteiger partial charge >= 0.3 is 0 Å². The van der Waals surface area contributed by atoms with Gasteiger partial charge < -0.3 is 24.5 Å². The van der Waals surface area contributed by atoms with E-state index in [0.29, 0.717) is 12.1 Å². The monoisotopic (exact) mass is 430 g/mol. The lowest BCUT2D eigenvalue weighted by Gasteiger charge is -2.19. The summed E-state index contributed by atoms with van der Waals surface area (Å²) in [4.78, 5) is 25.6. The first-order valence-corrected chi connectivity index (χ1v) is 9.76. The number of benzene rings is 2. The fraction of sp³-hybridized carbons (Fsp3) is 0.273. The highest BCUT2D eigenvalue weighted by Crippen LogP contribution is 2.37. The number of ether oxygens (including phenoxy) is 2. The van der Waals surface area contributed by atoms with E-state index in [4.69, 9.17) is 31.2 Å². The smallest absolute Gasteiger partial charge is 0.255 e. The number of nitrogens with zero attached hydrogens (tertiary/aromatic N) is 1. The normalized spacial score (nSPS) is 10.8. The fourth-order valence-electron chi connectivity index (χ4n) is 3.26. The van der Waals surface area contributed by atoms with Crippen molar-refractivity contribution in [1.29, 1.82) is 0 Å². The number of primary amides is 1. The van der Waals surface area contributed by atoms with E-state index < -0.39 is 5.91 Å². The zero-order valence-electron chi connectivity index (χ0n) is 17.0. The van der Waals surface area contributed by atoms with Crippen LogP contribution in [-0.4, -0.2) is 37.5 Å². The Hall–Kier alpha value is -3.19. The fourth-order valence-corrected chi connectivity index (χ4v) is 3.53. The zero-order chi connectivity index (χ0) is 21.8. The Morgan fingerprint density at radius 1 is 1.23 bits per heavy atom. The van der Waals surface area contributed by atoms with Gasteiger partial charge in [0.2, 0.25) is 0 Å². The number of fused-ring (bicyclic) bond motifs is 1. The lowest BCUT2D eigenvalue weighted by atomic mass is 10.1. The van der Waals surface area contributed by atoms with Crippen LogP contribution >= 0.6 is 11.6 Å². The van der Waals surface area contributed by atoms with E-state index in [1.54, 1.807) is 11.9 Å². The number of methoxy groups -OCH3 is 1. The number of carbonyl (C=O) groups is 2. The molecule has 2 aromatic carbocycles. The van der Waals surface area contributed by atoms with Crippen LogP contribution in [0.5, 0.6) is 11.5 Å². The van der Waals surface area contributed by atoms with Crippen molar-refractivity contribution in [2.24, 2.45) is 5.73 Å². The molecule has 2 N–H and O–H groups in total. The minimum absolute atomic E-state index is 0.148. The van der Waals surface area contributed by atoms with Crippen molar-refractivity contribution >= 4 is 34.4 Å². The molecule has 0 aliphatic heterocycles. The molecule has 1 aromatic heterocycles. The highest BCUT2D eigenvalue weighted by Gasteiger charge is 2.21. The second-order valence-electron chi connectivity index (χ2n) is 6.76. The van der Waals surface area contributed by atoms with Crippen molar-refractivity contribution in [1.82, 2.24) is 4.90 Å². The van der Waals surface area contributed by atoms with Gasteiger partial charge in [-0.05, 0) is 18.2 Å². The van der Waals surface area contributed by atoms with Crippen molar-refractivity contribution < 1.29 is 23.5 Å². The Kier molecular flexibility index (Phi) is 6.52. The molecule has 3 aromatic rings. The molecule has 0 spiro atoms. The number of amides is 2. The Bertz CT molecular complexity index is 1090. The van der Waals surface area contributed by atoms with Crippen molar-refractivity contribution in [3.05, 3.63) is 58.3 Å². The van der Waals surface area contributed by atoms with E-state index >= 15 is 0 Å². The zero-order valence-corrected chi connectivity index (χ0v) is 17.8. The summed E-state index contributed by atoms with van der Waals surface area (Å²) in [6.45, 7) is 2.04. The van der Waals surface area contributed by atoms with E-state index in [1.165, 1.54) is 19.2 Å². The molecule has 2 amide bonds. The predicted molar refractivity (Wildman–Crippen MR) is 114 cm³/mol. The summed E-state index contributed by atoms with van der Waals surface area (Å²) in [5, 5.41) is 1.13. The summed E-state index contributed by atoms with van der Waals surface area (Å²) >= 11 is 6.27. The molecule has 0 saturated heterocycles. The predicted octanol–water partition coefficient (Wildman–Crippen LogP) is 3.79. The molecule has 0 bridgehead atoms. The van der Waals surface area contributed by atoms with Gasteiger partial charge in [0.15, 0.2) is 18.1 Å². The van der Waals surface area contributed by atoms with E-state index in [1.807, 2.05) is 31.2 Å². The van der Waals surface area contributed by atoms with Crippen LogP contribution in [0, 0.1) is 0 Å². The van der Waals surface area contributed by atoms with Crippen LogP contribution in [0.1, 0.15) is 28.6 Å². The molecule has 0 saturated carbocycles. The Morgan fingerprint density at radius 3 is 2.63 bits per heavy atom. The van der Waals surface area contributed by atoms with Gasteiger partial charge in [-0.25, -0.2) is 0 Å². The van der Waals surface area contributed by atoms with Crippen LogP contribution in [0.25, 0.3) is 11.0 Å². The quantitative estimate of drug-likeness (QED) is 0.586. The molecule has 8 heteroatoms. The third kappa shape index (κ3) is 4.36. The third-order valence-electron chi connectivity index (χ3n) is 4.68. The number of para-hydroxylation sites is 1. The molecule has 0 aliphatic rings. The topological polar surface area (TPSA) is 95.0 Å². The number of halogens is 1. The second-order valence-corrected chi connectivity index (χ2v) is 7.17. The van der Waals surface area contributed by atoms with E-state index in [9.17, 15) is 9.59 Å². The van der Waals surface area contributed by atoms with Crippen molar-refractivity contribution in [3.63, 3.8) is 0 Å². The molecule has 0 unspecified atom stereocenters. The molecule has 1 heterocycles. The summed E-state index contributed by atoms with van der Waals surface area (Å²) in [5.41, 5.74) is 7.21. The standard InChI is InChI=1S/C22H23ClN2O5/c1-4-17-15(14-7-5-6-8-18(14)30-17)11-25(2)22(27)13-9-16(23)21(19(10-13)28-3)29-12-20(24)26/h5-10H,4,11-12H2,1-3H3,(H2,24,26). The first kappa shape index (κ1) is 21.5. The SMILES string of the molecule is CCc1oc2ccccc2c1CN(C)C(=O)c1cc(Cl)c(OCC(N)=O)c(OC)c1. The van der Waals surface area contributed by atoms with E-state index in [-0.39, 0.29) is 29.0 Å². The highest BCUT2D eigenvalue weighted by molar-refractivity contribution is 6.32. The van der Waals surface area contributed by atoms with Crippen LogP contribution in [0.3, 0.4) is 0 Å². The number of hydrogen-bond donors (Lipinski definition) is 1. The minimum atomic E-state index is -0.646. The molecule has 0 fully saturated rings. The summed E-state index contributed by atoms with van der Waals surface area (Å²) in [5.74, 6) is 0.354. The summed E-state index contributed by atoms with van der Waals surface area (Å²) < 4.78 is 16.5. The number of carbonyl (C=O) groups excluding carboxylic acids is 2. The summed E-state index contributed by atoms with van der Waals surface area (Å²) in [6, 6.07) is 10.8. The number of hydrogen-bond acceptors (Lipinski definition) is 5. The van der Waals surface area contributed by atoms with Crippen LogP contribution in [0.4, 0.5) is 0 Å². The Morgan fingerprint density at radius 2 is 1.97 bits per heavy atom. The molecular weight excluding hydrogens is 408 g/mol. The van der Waals surface area contributed by atoms with Crippen molar-refractivity contribution in [3.8, 4) is 11.5 Å². The van der Waals surface area contributed by atoms with Gasteiger partial charge in [-0.15, -0.1) is 0 Å². The summed E-state index contributed by atoms with van der Waals surface area (Å²) in [7, 11) is 3.13. The number of nitrogens with two attached hydrogens (primary N) is 1. The molecule has 0 radical (unpaired) electrons. The summed E-state index contributed by atoms with van der Waals surface area (Å²) in [6.07, 6.45) is 0.720. The molecular formula is C22H23ClN2O5.